The fourth-order valence-corrected chi connectivity index (χ4v) is 3.56. The maximum absolute atomic E-state index is 12.3. The fraction of sp³-hybridized carbons (Fsp3) is 0.312. The lowest BCUT2D eigenvalue weighted by Crippen LogP contribution is -2.26. The Hall–Kier alpha value is -1.81. The van der Waals surface area contributed by atoms with Crippen LogP contribution >= 0.6 is 11.3 Å². The normalized spacial score (nSPS) is 16.9. The Morgan fingerprint density at radius 3 is 3.00 bits per heavy atom. The molecule has 2 aromatic rings. The lowest BCUT2D eigenvalue weighted by Gasteiger charge is -2.13. The van der Waals surface area contributed by atoms with Gasteiger partial charge in [-0.3, -0.25) is 4.79 Å². The van der Waals surface area contributed by atoms with E-state index in [-0.39, 0.29) is 11.9 Å². The van der Waals surface area contributed by atoms with E-state index in [1.807, 2.05) is 30.3 Å². The van der Waals surface area contributed by atoms with Crippen molar-refractivity contribution in [2.24, 2.45) is 0 Å². The van der Waals surface area contributed by atoms with E-state index in [4.69, 9.17) is 5.73 Å². The minimum Gasteiger partial charge on any atom is -0.399 e. The molecule has 3 nitrogen and oxygen atoms in total. The van der Waals surface area contributed by atoms with Crippen molar-refractivity contribution in [2.75, 3.05) is 5.73 Å². The molecule has 104 valence electrons. The van der Waals surface area contributed by atoms with Gasteiger partial charge in [0.2, 0.25) is 0 Å². The first-order valence-corrected chi connectivity index (χ1v) is 7.77. The number of thiophene rings is 1. The predicted molar refractivity (Wildman–Crippen MR) is 83.1 cm³/mol. The van der Waals surface area contributed by atoms with Crippen LogP contribution in [0.25, 0.3) is 0 Å². The number of rotatable bonds is 3. The first-order valence-electron chi connectivity index (χ1n) is 6.95. The molecule has 1 heterocycles. The van der Waals surface area contributed by atoms with Gasteiger partial charge in [0.05, 0.1) is 10.9 Å². The van der Waals surface area contributed by atoms with Crippen LogP contribution in [0.15, 0.2) is 30.3 Å². The second-order valence-corrected chi connectivity index (χ2v) is 6.31. The molecule has 1 atom stereocenters. The third-order valence-electron chi connectivity index (χ3n) is 3.78. The summed E-state index contributed by atoms with van der Waals surface area (Å²) in [5.74, 6) is 0.0318. The van der Waals surface area contributed by atoms with Gasteiger partial charge in [0.1, 0.15) is 0 Å². The van der Waals surface area contributed by atoms with Crippen molar-refractivity contribution in [3.8, 4) is 0 Å². The molecular formula is C16H18N2OS. The summed E-state index contributed by atoms with van der Waals surface area (Å²) in [6, 6.07) is 10.0. The molecule has 0 aliphatic heterocycles. The molecule has 3 rings (SSSR count). The zero-order valence-electron chi connectivity index (χ0n) is 11.5. The van der Waals surface area contributed by atoms with Crippen LogP contribution in [0.2, 0.25) is 0 Å². The molecule has 1 aromatic heterocycles. The second kappa shape index (κ2) is 5.29. The Morgan fingerprint density at radius 1 is 1.40 bits per heavy atom. The average molecular weight is 286 g/mol. The van der Waals surface area contributed by atoms with Crippen molar-refractivity contribution >= 4 is 22.9 Å². The number of carbonyl (C=O) groups is 1. The topological polar surface area (TPSA) is 55.1 Å². The standard InChI is InChI=1S/C16H18N2OS/c1-2-12-5-8-15(20-12)16(19)18-14-7-3-10-9-11(17)4-6-13(10)14/h4-6,8-9,14H,2-3,7,17H2,1H3,(H,18,19). The molecule has 4 heteroatoms. The summed E-state index contributed by atoms with van der Waals surface area (Å²) in [7, 11) is 0. The van der Waals surface area contributed by atoms with E-state index in [1.54, 1.807) is 11.3 Å². The zero-order chi connectivity index (χ0) is 14.1. The largest absolute Gasteiger partial charge is 0.399 e. The molecule has 0 spiro atoms. The molecule has 1 unspecified atom stereocenters. The summed E-state index contributed by atoms with van der Waals surface area (Å²) in [6.45, 7) is 2.10. The van der Waals surface area contributed by atoms with Crippen molar-refractivity contribution in [2.45, 2.75) is 32.2 Å². The first kappa shape index (κ1) is 13.2. The van der Waals surface area contributed by atoms with Gasteiger partial charge < -0.3 is 11.1 Å². The highest BCUT2D eigenvalue weighted by Crippen LogP contribution is 2.32. The van der Waals surface area contributed by atoms with Crippen LogP contribution in [0.1, 0.15) is 45.1 Å². The number of benzene rings is 1. The smallest absolute Gasteiger partial charge is 0.261 e. The van der Waals surface area contributed by atoms with Crippen molar-refractivity contribution in [3.63, 3.8) is 0 Å². The van der Waals surface area contributed by atoms with Crippen LogP contribution in [0.5, 0.6) is 0 Å². The van der Waals surface area contributed by atoms with E-state index in [0.717, 1.165) is 29.8 Å². The summed E-state index contributed by atoms with van der Waals surface area (Å²) in [4.78, 5) is 14.3. The number of carbonyl (C=O) groups excluding carboxylic acids is 1. The van der Waals surface area contributed by atoms with Crippen molar-refractivity contribution in [1.29, 1.82) is 0 Å². The van der Waals surface area contributed by atoms with E-state index in [1.165, 1.54) is 16.0 Å². The summed E-state index contributed by atoms with van der Waals surface area (Å²) in [5, 5.41) is 3.14. The second-order valence-electron chi connectivity index (χ2n) is 5.14. The van der Waals surface area contributed by atoms with Gasteiger partial charge in [-0.2, -0.15) is 0 Å². The van der Waals surface area contributed by atoms with Crippen molar-refractivity contribution in [3.05, 3.63) is 51.2 Å². The number of aryl methyl sites for hydroxylation is 2. The third-order valence-corrected chi connectivity index (χ3v) is 5.01. The number of nitrogens with one attached hydrogen (secondary N) is 1. The number of amides is 1. The minimum absolute atomic E-state index is 0.0318. The molecule has 1 aromatic carbocycles. The van der Waals surface area contributed by atoms with E-state index in [0.29, 0.717) is 0 Å². The monoisotopic (exact) mass is 286 g/mol. The molecule has 0 saturated heterocycles. The lowest BCUT2D eigenvalue weighted by atomic mass is 10.1. The maximum atomic E-state index is 12.3. The maximum Gasteiger partial charge on any atom is 0.261 e. The van der Waals surface area contributed by atoms with Crippen LogP contribution in [0.3, 0.4) is 0 Å². The number of hydrogen-bond acceptors (Lipinski definition) is 3. The highest BCUT2D eigenvalue weighted by Gasteiger charge is 2.24. The van der Waals surface area contributed by atoms with Crippen LogP contribution in [-0.2, 0) is 12.8 Å². The lowest BCUT2D eigenvalue weighted by molar-refractivity contribution is 0.0941. The Kier molecular flexibility index (Phi) is 3.49. The average Bonchev–Trinajstić information content (AvgIpc) is 3.05. The highest BCUT2D eigenvalue weighted by atomic mass is 32.1. The van der Waals surface area contributed by atoms with Gasteiger partial charge in [-0.05, 0) is 54.7 Å². The van der Waals surface area contributed by atoms with Crippen LogP contribution < -0.4 is 11.1 Å². The van der Waals surface area contributed by atoms with Crippen molar-refractivity contribution < 1.29 is 4.79 Å². The SMILES string of the molecule is CCc1ccc(C(=O)NC2CCc3cc(N)ccc32)s1. The summed E-state index contributed by atoms with van der Waals surface area (Å²) >= 11 is 1.58. The van der Waals surface area contributed by atoms with E-state index < -0.39 is 0 Å². The molecule has 1 aliphatic carbocycles. The van der Waals surface area contributed by atoms with Crippen LogP contribution in [-0.4, -0.2) is 5.91 Å². The van der Waals surface area contributed by atoms with E-state index in [2.05, 4.69) is 12.2 Å². The fourth-order valence-electron chi connectivity index (χ4n) is 2.71. The number of fused-ring (bicyclic) bond motifs is 1. The number of hydrogen-bond donors (Lipinski definition) is 2. The molecule has 1 aliphatic rings. The molecule has 0 saturated carbocycles. The van der Waals surface area contributed by atoms with Gasteiger partial charge in [-0.1, -0.05) is 13.0 Å². The highest BCUT2D eigenvalue weighted by molar-refractivity contribution is 7.14. The molecule has 1 amide bonds. The van der Waals surface area contributed by atoms with Crippen molar-refractivity contribution in [1.82, 2.24) is 5.32 Å². The van der Waals surface area contributed by atoms with Gasteiger partial charge in [0.25, 0.3) is 5.91 Å². The first-order chi connectivity index (χ1) is 9.67. The zero-order valence-corrected chi connectivity index (χ0v) is 12.3. The molecule has 0 bridgehead atoms. The van der Waals surface area contributed by atoms with Gasteiger partial charge in [-0.25, -0.2) is 0 Å². The molecule has 3 N–H and O–H groups in total. The molecule has 0 fully saturated rings. The van der Waals surface area contributed by atoms with Gasteiger partial charge in [0.15, 0.2) is 0 Å². The van der Waals surface area contributed by atoms with Crippen LogP contribution in [0.4, 0.5) is 5.69 Å². The van der Waals surface area contributed by atoms with Gasteiger partial charge in [-0.15, -0.1) is 11.3 Å². The number of nitrogens with two attached hydrogens (primary N) is 1. The van der Waals surface area contributed by atoms with E-state index >= 15 is 0 Å². The predicted octanol–water partition coefficient (Wildman–Crippen LogP) is 3.31. The Labute approximate surface area is 122 Å². The summed E-state index contributed by atoms with van der Waals surface area (Å²) in [6.07, 6.45) is 2.91. The molecule has 20 heavy (non-hydrogen) atoms. The summed E-state index contributed by atoms with van der Waals surface area (Å²) in [5.41, 5.74) is 9.06. The number of nitrogen functional groups attached to an aromatic ring is 1. The Morgan fingerprint density at radius 2 is 2.25 bits per heavy atom. The number of anilines is 1. The van der Waals surface area contributed by atoms with E-state index in [9.17, 15) is 4.79 Å². The van der Waals surface area contributed by atoms with Gasteiger partial charge in [0, 0.05) is 10.6 Å². The quantitative estimate of drug-likeness (QED) is 0.851. The molecular weight excluding hydrogens is 268 g/mol. The molecule has 0 radical (unpaired) electrons. The Balaban J connectivity index is 1.75. The van der Waals surface area contributed by atoms with Gasteiger partial charge >= 0.3 is 0 Å². The minimum atomic E-state index is 0.0318. The summed E-state index contributed by atoms with van der Waals surface area (Å²) < 4.78 is 0. The Bertz CT molecular complexity index is 648. The third kappa shape index (κ3) is 2.43. The van der Waals surface area contributed by atoms with Crippen LogP contribution in [0, 0.1) is 0 Å².